The Morgan fingerprint density at radius 2 is 1.85 bits per heavy atom. The van der Waals surface area contributed by atoms with Gasteiger partial charge in [0.05, 0.1) is 12.5 Å². The highest BCUT2D eigenvalue weighted by atomic mass is 16.5. The van der Waals surface area contributed by atoms with Crippen molar-refractivity contribution in [1.29, 1.82) is 0 Å². The molecule has 136 valence electrons. The Labute approximate surface area is 151 Å². The Bertz CT molecular complexity index is 839. The van der Waals surface area contributed by atoms with E-state index in [0.29, 0.717) is 18.8 Å². The first-order valence-corrected chi connectivity index (χ1v) is 8.77. The molecule has 0 spiro atoms. The molecule has 0 radical (unpaired) electrons. The minimum absolute atomic E-state index is 0.0197. The quantitative estimate of drug-likeness (QED) is 0.841. The molecule has 4 rings (SSSR count). The van der Waals surface area contributed by atoms with Gasteiger partial charge < -0.3 is 9.26 Å². The van der Waals surface area contributed by atoms with Crippen LogP contribution in [0.5, 0.6) is 5.75 Å². The number of carbonyl (C=O) groups is 2. The number of ether oxygens (including phenoxy) is 1. The van der Waals surface area contributed by atoms with Gasteiger partial charge in [0.2, 0.25) is 0 Å². The summed E-state index contributed by atoms with van der Waals surface area (Å²) in [5.74, 6) is 1.02. The molecule has 2 fully saturated rings. The van der Waals surface area contributed by atoms with E-state index in [9.17, 15) is 9.59 Å². The van der Waals surface area contributed by atoms with Crippen molar-refractivity contribution in [2.45, 2.75) is 31.6 Å². The number of aryl methyl sites for hydroxylation is 1. The predicted octanol–water partition coefficient (Wildman–Crippen LogP) is 2.31. The van der Waals surface area contributed by atoms with Crippen molar-refractivity contribution in [2.75, 3.05) is 20.2 Å². The molecule has 2 aromatic rings. The molecule has 1 aromatic heterocycles. The van der Waals surface area contributed by atoms with Gasteiger partial charge in [0.25, 0.3) is 11.8 Å². The Morgan fingerprint density at radius 3 is 2.42 bits per heavy atom. The Morgan fingerprint density at radius 1 is 1.15 bits per heavy atom. The Kier molecular flexibility index (Phi) is 3.94. The zero-order valence-electron chi connectivity index (χ0n) is 14.9. The van der Waals surface area contributed by atoms with Crippen LogP contribution in [0.15, 0.2) is 34.9 Å². The molecule has 2 aliphatic rings. The largest absolute Gasteiger partial charge is 0.497 e. The van der Waals surface area contributed by atoms with Gasteiger partial charge in [0.15, 0.2) is 5.69 Å². The fourth-order valence-corrected chi connectivity index (χ4v) is 3.54. The van der Waals surface area contributed by atoms with Crippen LogP contribution in [0.4, 0.5) is 0 Å². The number of hydrazine groups is 1. The minimum Gasteiger partial charge on any atom is -0.497 e. The van der Waals surface area contributed by atoms with E-state index in [4.69, 9.17) is 9.26 Å². The summed E-state index contributed by atoms with van der Waals surface area (Å²) in [6.45, 7) is 2.79. The van der Waals surface area contributed by atoms with Crippen LogP contribution < -0.4 is 4.74 Å². The molecule has 7 heteroatoms. The fourth-order valence-electron chi connectivity index (χ4n) is 3.54. The second-order valence-electron chi connectivity index (χ2n) is 6.84. The lowest BCUT2D eigenvalue weighted by Crippen LogP contribution is -2.49. The normalized spacial score (nSPS) is 18.1. The van der Waals surface area contributed by atoms with E-state index in [-0.39, 0.29) is 17.5 Å². The minimum atomic E-state index is -0.533. The predicted molar refractivity (Wildman–Crippen MR) is 92.5 cm³/mol. The summed E-state index contributed by atoms with van der Waals surface area (Å²) in [6, 6.07) is 9.21. The molecule has 26 heavy (non-hydrogen) atoms. The van der Waals surface area contributed by atoms with Gasteiger partial charge in [0, 0.05) is 19.2 Å². The highest BCUT2D eigenvalue weighted by Gasteiger charge is 2.55. The van der Waals surface area contributed by atoms with Crippen LogP contribution >= 0.6 is 0 Å². The first-order chi connectivity index (χ1) is 12.5. The van der Waals surface area contributed by atoms with Crippen LogP contribution in [0, 0.1) is 6.92 Å². The number of hydrogen-bond acceptors (Lipinski definition) is 5. The number of hydrogen-bond donors (Lipinski definition) is 0. The lowest BCUT2D eigenvalue weighted by Gasteiger charge is -2.30. The maximum absolute atomic E-state index is 13.3. The summed E-state index contributed by atoms with van der Waals surface area (Å²) in [5, 5.41) is 6.88. The van der Waals surface area contributed by atoms with Crippen molar-refractivity contribution >= 4 is 11.8 Å². The molecular formula is C19H21N3O4. The van der Waals surface area contributed by atoms with E-state index in [2.05, 4.69) is 5.16 Å². The van der Waals surface area contributed by atoms with Crippen LogP contribution in [0.1, 0.15) is 41.1 Å². The second-order valence-corrected chi connectivity index (χ2v) is 6.84. The molecule has 1 saturated heterocycles. The third-order valence-corrected chi connectivity index (χ3v) is 5.15. The third-order valence-electron chi connectivity index (χ3n) is 5.15. The summed E-state index contributed by atoms with van der Waals surface area (Å²) >= 11 is 0. The fraction of sp³-hybridized carbons (Fsp3) is 0.421. The van der Waals surface area contributed by atoms with Crippen LogP contribution in [-0.4, -0.2) is 47.2 Å². The lowest BCUT2D eigenvalue weighted by molar-refractivity contribution is -0.143. The molecule has 7 nitrogen and oxygen atoms in total. The first-order valence-electron chi connectivity index (χ1n) is 8.77. The number of methoxy groups -OCH3 is 1. The maximum atomic E-state index is 13.3. The molecule has 0 bridgehead atoms. The Hall–Kier alpha value is -2.83. The van der Waals surface area contributed by atoms with Crippen molar-refractivity contribution in [1.82, 2.24) is 15.2 Å². The zero-order chi connectivity index (χ0) is 18.3. The van der Waals surface area contributed by atoms with Crippen LogP contribution in [0.2, 0.25) is 0 Å². The average molecular weight is 355 g/mol. The standard InChI is InChI=1S/C19H21N3O4/c1-13-12-16(20-26-13)17(23)21-10-3-11-22(21)18(24)19(8-9-19)14-4-6-15(25-2)7-5-14/h4-7,12H,3,8-11H2,1-2H3. The number of nitrogens with zero attached hydrogens (tertiary/aromatic N) is 3. The third kappa shape index (κ3) is 2.64. The first kappa shape index (κ1) is 16.6. The van der Waals surface area contributed by atoms with Crippen molar-refractivity contribution < 1.29 is 18.8 Å². The van der Waals surface area contributed by atoms with E-state index in [1.165, 1.54) is 5.01 Å². The van der Waals surface area contributed by atoms with E-state index < -0.39 is 5.41 Å². The van der Waals surface area contributed by atoms with Gasteiger partial charge in [-0.15, -0.1) is 0 Å². The van der Waals surface area contributed by atoms with Crippen LogP contribution in [0.25, 0.3) is 0 Å². The van der Waals surface area contributed by atoms with Crippen molar-refractivity contribution in [3.05, 3.63) is 47.3 Å². The molecule has 0 atom stereocenters. The van der Waals surface area contributed by atoms with Crippen LogP contribution in [-0.2, 0) is 10.2 Å². The van der Waals surface area contributed by atoms with Gasteiger partial charge >= 0.3 is 0 Å². The molecule has 1 aromatic carbocycles. The Balaban J connectivity index is 1.57. The zero-order valence-corrected chi connectivity index (χ0v) is 14.9. The van der Waals surface area contributed by atoms with Gasteiger partial charge in [0.1, 0.15) is 11.5 Å². The monoisotopic (exact) mass is 355 g/mol. The van der Waals surface area contributed by atoms with Gasteiger partial charge in [-0.1, -0.05) is 17.3 Å². The summed E-state index contributed by atoms with van der Waals surface area (Å²) in [7, 11) is 1.62. The highest BCUT2D eigenvalue weighted by Crippen LogP contribution is 2.50. The van der Waals surface area contributed by atoms with E-state index >= 15 is 0 Å². The lowest BCUT2D eigenvalue weighted by atomic mass is 9.94. The number of amides is 2. The molecule has 2 amide bonds. The number of rotatable bonds is 4. The van der Waals surface area contributed by atoms with Crippen molar-refractivity contribution in [3.63, 3.8) is 0 Å². The number of benzene rings is 1. The van der Waals surface area contributed by atoms with Gasteiger partial charge in [-0.25, -0.2) is 5.01 Å². The van der Waals surface area contributed by atoms with Gasteiger partial charge in [-0.05, 0) is 43.9 Å². The van der Waals surface area contributed by atoms with Crippen molar-refractivity contribution in [3.8, 4) is 5.75 Å². The molecule has 1 aliphatic carbocycles. The molecule has 2 heterocycles. The molecule has 1 aliphatic heterocycles. The second kappa shape index (κ2) is 6.16. The van der Waals surface area contributed by atoms with E-state index in [0.717, 1.165) is 30.6 Å². The smallest absolute Gasteiger partial charge is 0.294 e. The number of aromatic nitrogens is 1. The summed E-state index contributed by atoms with van der Waals surface area (Å²) < 4.78 is 10.2. The molecule has 0 unspecified atom stereocenters. The molecular weight excluding hydrogens is 334 g/mol. The summed E-state index contributed by atoms with van der Waals surface area (Å²) in [4.78, 5) is 26.0. The topological polar surface area (TPSA) is 75.9 Å². The van der Waals surface area contributed by atoms with Crippen molar-refractivity contribution in [2.24, 2.45) is 0 Å². The molecule has 0 N–H and O–H groups in total. The SMILES string of the molecule is COc1ccc(C2(C(=O)N3CCCN3C(=O)c3cc(C)on3)CC2)cc1. The summed E-state index contributed by atoms with van der Waals surface area (Å²) in [5.41, 5.74) is 0.672. The summed E-state index contributed by atoms with van der Waals surface area (Å²) in [6.07, 6.45) is 2.34. The maximum Gasteiger partial charge on any atom is 0.294 e. The average Bonchev–Trinajstić information content (AvgIpc) is 3.11. The van der Waals surface area contributed by atoms with Gasteiger partial charge in [-0.2, -0.15) is 0 Å². The molecule has 1 saturated carbocycles. The number of carbonyl (C=O) groups excluding carboxylic acids is 2. The highest BCUT2D eigenvalue weighted by molar-refractivity contribution is 5.97. The van der Waals surface area contributed by atoms with Crippen LogP contribution in [0.3, 0.4) is 0 Å². The van der Waals surface area contributed by atoms with Gasteiger partial charge in [-0.3, -0.25) is 14.6 Å². The van der Waals surface area contributed by atoms with E-state index in [1.807, 2.05) is 24.3 Å². The van der Waals surface area contributed by atoms with E-state index in [1.54, 1.807) is 25.1 Å².